The van der Waals surface area contributed by atoms with Crippen molar-refractivity contribution in [3.05, 3.63) is 30.1 Å². The maximum atomic E-state index is 12.4. The van der Waals surface area contributed by atoms with Gasteiger partial charge in [0.2, 0.25) is 0 Å². The van der Waals surface area contributed by atoms with E-state index in [1.807, 2.05) is 18.2 Å². The van der Waals surface area contributed by atoms with Crippen LogP contribution in [0, 0.1) is 11.8 Å². The first-order valence-corrected chi connectivity index (χ1v) is 6.91. The van der Waals surface area contributed by atoms with Gasteiger partial charge in [-0.25, -0.2) is 0 Å². The highest BCUT2D eigenvalue weighted by Crippen LogP contribution is 2.33. The van der Waals surface area contributed by atoms with Crippen LogP contribution < -0.4 is 0 Å². The Kier molecular flexibility index (Phi) is 3.69. The average Bonchev–Trinajstić information content (AvgIpc) is 2.85. The lowest BCUT2D eigenvalue weighted by Gasteiger charge is -2.21. The zero-order chi connectivity index (χ0) is 14.2. The molecule has 0 aromatic carbocycles. The van der Waals surface area contributed by atoms with E-state index in [1.165, 1.54) is 0 Å². The van der Waals surface area contributed by atoms with Crippen LogP contribution in [0.25, 0.3) is 0 Å². The molecule has 2 atom stereocenters. The topological polar surface area (TPSA) is 19.4 Å². The summed E-state index contributed by atoms with van der Waals surface area (Å²) >= 11 is 0. The monoisotopic (exact) mass is 285 g/mol. The highest BCUT2D eigenvalue weighted by molar-refractivity contribution is 5.04. The van der Waals surface area contributed by atoms with Crippen LogP contribution in [-0.2, 0) is 6.54 Å². The first-order chi connectivity index (χ1) is 9.49. The van der Waals surface area contributed by atoms with E-state index in [4.69, 9.17) is 0 Å². The van der Waals surface area contributed by atoms with Gasteiger partial charge in [0.05, 0.1) is 12.2 Å². The van der Waals surface area contributed by atoms with Crippen LogP contribution in [0.5, 0.6) is 0 Å². The van der Waals surface area contributed by atoms with Gasteiger partial charge < -0.3 is 0 Å². The van der Waals surface area contributed by atoms with Gasteiger partial charge in [0.15, 0.2) is 0 Å². The second-order valence-corrected chi connectivity index (χ2v) is 5.84. The van der Waals surface area contributed by atoms with Gasteiger partial charge in [0.1, 0.15) is 0 Å². The number of aromatic nitrogens is 1. The average molecular weight is 285 g/mol. The molecule has 2 saturated heterocycles. The van der Waals surface area contributed by atoms with E-state index in [0.717, 1.165) is 25.3 Å². The van der Waals surface area contributed by atoms with Crippen LogP contribution in [0.1, 0.15) is 5.69 Å². The van der Waals surface area contributed by atoms with Gasteiger partial charge in [-0.3, -0.25) is 14.8 Å². The van der Waals surface area contributed by atoms with Gasteiger partial charge in [-0.05, 0) is 24.0 Å². The van der Waals surface area contributed by atoms with Gasteiger partial charge in [0.25, 0.3) is 0 Å². The molecule has 2 fully saturated rings. The minimum atomic E-state index is -4.08. The first-order valence-electron chi connectivity index (χ1n) is 6.91. The molecule has 2 unspecified atom stereocenters. The van der Waals surface area contributed by atoms with Crippen molar-refractivity contribution in [3.8, 4) is 0 Å². The van der Waals surface area contributed by atoms with E-state index >= 15 is 0 Å². The van der Waals surface area contributed by atoms with E-state index in [9.17, 15) is 13.2 Å². The Balaban J connectivity index is 1.51. The minimum absolute atomic E-state index is 0.376. The summed E-state index contributed by atoms with van der Waals surface area (Å²) in [6, 6.07) is 5.84. The predicted octanol–water partition coefficient (Wildman–Crippen LogP) is 2.01. The Bertz CT molecular complexity index is 435. The number of halogens is 3. The van der Waals surface area contributed by atoms with Crippen molar-refractivity contribution in [1.29, 1.82) is 0 Å². The molecule has 0 bridgehead atoms. The van der Waals surface area contributed by atoms with Gasteiger partial charge in [-0.2, -0.15) is 13.2 Å². The number of pyridine rings is 1. The molecule has 2 aliphatic rings. The summed E-state index contributed by atoms with van der Waals surface area (Å²) in [6.45, 7) is 2.95. The number of alkyl halides is 3. The number of rotatable bonds is 3. The molecule has 3 heterocycles. The SMILES string of the molecule is FC(F)(F)CN1CC2CN(Cc3ccccn3)CC2C1. The lowest BCUT2D eigenvalue weighted by Crippen LogP contribution is -2.35. The maximum Gasteiger partial charge on any atom is 0.401 e. The standard InChI is InChI=1S/C14H18F3N3/c15-14(16,17)10-20-7-11-5-19(6-12(11)8-20)9-13-3-1-2-4-18-13/h1-4,11-12H,5-10H2. The molecule has 2 aliphatic heterocycles. The minimum Gasteiger partial charge on any atom is -0.297 e. The van der Waals surface area contributed by atoms with Crippen LogP contribution in [-0.4, -0.2) is 53.7 Å². The van der Waals surface area contributed by atoms with E-state index in [1.54, 1.807) is 11.1 Å². The Morgan fingerprint density at radius 2 is 1.70 bits per heavy atom. The van der Waals surface area contributed by atoms with Crippen molar-refractivity contribution in [2.24, 2.45) is 11.8 Å². The summed E-state index contributed by atoms with van der Waals surface area (Å²) in [6.07, 6.45) is -2.30. The van der Waals surface area contributed by atoms with Crippen LogP contribution in [0.4, 0.5) is 13.2 Å². The molecule has 3 nitrogen and oxygen atoms in total. The summed E-state index contributed by atoms with van der Waals surface area (Å²) in [5.74, 6) is 0.752. The molecule has 6 heteroatoms. The largest absolute Gasteiger partial charge is 0.401 e. The maximum absolute atomic E-state index is 12.4. The normalized spacial score (nSPS) is 27.9. The smallest absolute Gasteiger partial charge is 0.297 e. The molecule has 0 amide bonds. The Morgan fingerprint density at radius 1 is 1.05 bits per heavy atom. The van der Waals surface area contributed by atoms with E-state index < -0.39 is 12.7 Å². The summed E-state index contributed by atoms with van der Waals surface area (Å²) in [5.41, 5.74) is 1.03. The number of hydrogen-bond acceptors (Lipinski definition) is 3. The van der Waals surface area contributed by atoms with E-state index in [2.05, 4.69) is 9.88 Å². The fourth-order valence-corrected chi connectivity index (χ4v) is 3.42. The highest BCUT2D eigenvalue weighted by atomic mass is 19.4. The van der Waals surface area contributed by atoms with Crippen molar-refractivity contribution in [2.75, 3.05) is 32.7 Å². The number of hydrogen-bond donors (Lipinski definition) is 0. The predicted molar refractivity (Wildman–Crippen MR) is 69.0 cm³/mol. The molecule has 1 aromatic heterocycles. The van der Waals surface area contributed by atoms with Crippen LogP contribution in [0.2, 0.25) is 0 Å². The Morgan fingerprint density at radius 3 is 2.25 bits per heavy atom. The van der Waals surface area contributed by atoms with Gasteiger partial charge >= 0.3 is 6.18 Å². The molecule has 0 N–H and O–H groups in total. The fraction of sp³-hybridized carbons (Fsp3) is 0.643. The van der Waals surface area contributed by atoms with Crippen LogP contribution >= 0.6 is 0 Å². The highest BCUT2D eigenvalue weighted by Gasteiger charge is 2.43. The quantitative estimate of drug-likeness (QED) is 0.847. The molecule has 110 valence electrons. The third-order valence-electron chi connectivity index (χ3n) is 4.15. The summed E-state index contributed by atoms with van der Waals surface area (Å²) < 4.78 is 37.2. The second kappa shape index (κ2) is 5.33. The first kappa shape index (κ1) is 13.8. The lowest BCUT2D eigenvalue weighted by atomic mass is 10.0. The van der Waals surface area contributed by atoms with E-state index in [-0.39, 0.29) is 0 Å². The van der Waals surface area contributed by atoms with E-state index in [0.29, 0.717) is 24.9 Å². The number of nitrogens with zero attached hydrogens (tertiary/aromatic N) is 3. The van der Waals surface area contributed by atoms with Gasteiger partial charge in [-0.1, -0.05) is 6.07 Å². The van der Waals surface area contributed by atoms with Gasteiger partial charge in [-0.15, -0.1) is 0 Å². The molecular formula is C14H18F3N3. The Hall–Kier alpha value is -1.14. The third kappa shape index (κ3) is 3.30. The second-order valence-electron chi connectivity index (χ2n) is 5.84. The molecule has 0 saturated carbocycles. The molecule has 3 rings (SSSR count). The van der Waals surface area contributed by atoms with Crippen LogP contribution in [0.15, 0.2) is 24.4 Å². The Labute approximate surface area is 116 Å². The molecule has 0 radical (unpaired) electrons. The fourth-order valence-electron chi connectivity index (χ4n) is 3.42. The summed E-state index contributed by atoms with van der Waals surface area (Å²) in [7, 11) is 0. The number of likely N-dealkylation sites (tertiary alicyclic amines) is 2. The molecule has 0 aliphatic carbocycles. The summed E-state index contributed by atoms with van der Waals surface area (Å²) in [4.78, 5) is 8.16. The van der Waals surface area contributed by atoms with Crippen molar-refractivity contribution in [1.82, 2.24) is 14.8 Å². The molecule has 1 aromatic rings. The molecule has 20 heavy (non-hydrogen) atoms. The molecule has 0 spiro atoms. The van der Waals surface area contributed by atoms with Crippen LogP contribution in [0.3, 0.4) is 0 Å². The molecular weight excluding hydrogens is 267 g/mol. The lowest BCUT2D eigenvalue weighted by molar-refractivity contribution is -0.144. The third-order valence-corrected chi connectivity index (χ3v) is 4.15. The van der Waals surface area contributed by atoms with Crippen molar-refractivity contribution >= 4 is 0 Å². The zero-order valence-electron chi connectivity index (χ0n) is 11.2. The van der Waals surface area contributed by atoms with Crippen molar-refractivity contribution in [2.45, 2.75) is 12.7 Å². The summed E-state index contributed by atoms with van der Waals surface area (Å²) in [5, 5.41) is 0. The van der Waals surface area contributed by atoms with Crippen molar-refractivity contribution in [3.63, 3.8) is 0 Å². The number of fused-ring (bicyclic) bond motifs is 1. The zero-order valence-corrected chi connectivity index (χ0v) is 11.2. The van der Waals surface area contributed by atoms with Crippen molar-refractivity contribution < 1.29 is 13.2 Å². The van der Waals surface area contributed by atoms with Gasteiger partial charge in [0, 0.05) is 38.9 Å².